The van der Waals surface area contributed by atoms with E-state index in [-0.39, 0.29) is 12.1 Å². The van der Waals surface area contributed by atoms with Crippen LogP contribution < -0.4 is 5.32 Å². The number of aromatic nitrogens is 6. The highest BCUT2D eigenvalue weighted by Gasteiger charge is 2.17. The Morgan fingerprint density at radius 2 is 1.88 bits per heavy atom. The van der Waals surface area contributed by atoms with Gasteiger partial charge in [0.1, 0.15) is 0 Å². The monoisotopic (exact) mass is 325 g/mol. The minimum Gasteiger partial charge on any atom is -0.305 e. The Kier molecular flexibility index (Phi) is 4.71. The third-order valence-corrected chi connectivity index (χ3v) is 4.43. The van der Waals surface area contributed by atoms with Gasteiger partial charge in [-0.2, -0.15) is 9.78 Å². The molecule has 2 heterocycles. The Labute approximate surface area is 141 Å². The van der Waals surface area contributed by atoms with Gasteiger partial charge in [0.2, 0.25) is 0 Å². The lowest BCUT2D eigenvalue weighted by atomic mass is 10.1. The molecule has 2 atom stereocenters. The van der Waals surface area contributed by atoms with Gasteiger partial charge in [0, 0.05) is 18.4 Å². The summed E-state index contributed by atoms with van der Waals surface area (Å²) in [5.74, 6) is 0.798. The largest absolute Gasteiger partial charge is 0.305 e. The van der Waals surface area contributed by atoms with Crippen molar-refractivity contribution >= 4 is 0 Å². The topological polar surface area (TPSA) is 73.5 Å². The number of nitrogens with zero attached hydrogens (tertiary/aromatic N) is 6. The van der Waals surface area contributed by atoms with Gasteiger partial charge in [0.15, 0.2) is 5.82 Å². The first-order valence-corrected chi connectivity index (χ1v) is 8.14. The van der Waals surface area contributed by atoms with E-state index in [0.29, 0.717) is 6.54 Å². The molecule has 1 aromatic carbocycles. The Morgan fingerprint density at radius 1 is 1.12 bits per heavy atom. The van der Waals surface area contributed by atoms with Gasteiger partial charge in [0.25, 0.3) is 0 Å². The summed E-state index contributed by atoms with van der Waals surface area (Å²) >= 11 is 0. The lowest BCUT2D eigenvalue weighted by Gasteiger charge is -2.21. The minimum absolute atomic E-state index is 0.230. The highest BCUT2D eigenvalue weighted by atomic mass is 15.5. The summed E-state index contributed by atoms with van der Waals surface area (Å²) in [6, 6.07) is 8.60. The van der Waals surface area contributed by atoms with Crippen LogP contribution in [0.25, 0.3) is 5.69 Å². The number of hydrogen-bond donors (Lipinski definition) is 1. The van der Waals surface area contributed by atoms with Crippen LogP contribution in [0, 0.1) is 13.8 Å². The van der Waals surface area contributed by atoms with Crippen LogP contribution in [0.3, 0.4) is 0 Å². The van der Waals surface area contributed by atoms with Crippen molar-refractivity contribution in [3.05, 3.63) is 53.6 Å². The van der Waals surface area contributed by atoms with Crippen LogP contribution in [0.4, 0.5) is 0 Å². The highest BCUT2D eigenvalue weighted by molar-refractivity contribution is 5.46. The zero-order valence-electron chi connectivity index (χ0n) is 14.5. The molecule has 0 radical (unpaired) electrons. The number of hydrogen-bond acceptors (Lipinski definition) is 5. The first kappa shape index (κ1) is 16.3. The Morgan fingerprint density at radius 3 is 2.54 bits per heavy atom. The van der Waals surface area contributed by atoms with Crippen LogP contribution in [0.15, 0.2) is 36.7 Å². The van der Waals surface area contributed by atoms with Gasteiger partial charge in [-0.05, 0) is 55.3 Å². The second-order valence-electron chi connectivity index (χ2n) is 6.14. The van der Waals surface area contributed by atoms with Crippen molar-refractivity contribution in [3.8, 4) is 5.69 Å². The summed E-state index contributed by atoms with van der Waals surface area (Å²) in [5, 5.41) is 20.0. The first-order chi connectivity index (χ1) is 11.6. The van der Waals surface area contributed by atoms with Crippen molar-refractivity contribution < 1.29 is 0 Å². The van der Waals surface area contributed by atoms with Gasteiger partial charge >= 0.3 is 0 Å². The summed E-state index contributed by atoms with van der Waals surface area (Å²) in [5.41, 5.74) is 3.36. The molecule has 7 nitrogen and oxygen atoms in total. The second kappa shape index (κ2) is 6.92. The number of rotatable bonds is 6. The van der Waals surface area contributed by atoms with Gasteiger partial charge in [-0.3, -0.25) is 4.68 Å². The molecule has 2 aromatic heterocycles. The molecule has 0 bridgehead atoms. The molecule has 0 unspecified atom stereocenters. The van der Waals surface area contributed by atoms with E-state index < -0.39 is 0 Å². The molecule has 0 saturated carbocycles. The third-order valence-electron chi connectivity index (χ3n) is 4.43. The van der Waals surface area contributed by atoms with E-state index in [1.54, 1.807) is 6.20 Å². The number of tetrazole rings is 1. The van der Waals surface area contributed by atoms with Crippen molar-refractivity contribution in [2.24, 2.45) is 0 Å². The van der Waals surface area contributed by atoms with Crippen LogP contribution >= 0.6 is 0 Å². The predicted molar refractivity (Wildman–Crippen MR) is 91.9 cm³/mol. The molecule has 0 saturated heterocycles. The van der Waals surface area contributed by atoms with Gasteiger partial charge in [-0.15, -0.1) is 5.10 Å². The number of aryl methyl sites for hydroxylation is 2. The summed E-state index contributed by atoms with van der Waals surface area (Å²) in [4.78, 5) is 0. The third kappa shape index (κ3) is 3.21. The van der Waals surface area contributed by atoms with Crippen molar-refractivity contribution in [1.82, 2.24) is 35.3 Å². The van der Waals surface area contributed by atoms with Gasteiger partial charge in [-0.25, -0.2) is 0 Å². The van der Waals surface area contributed by atoms with E-state index in [9.17, 15) is 0 Å². The molecule has 0 aliphatic carbocycles. The van der Waals surface area contributed by atoms with Crippen LogP contribution in [-0.4, -0.2) is 36.0 Å². The highest BCUT2D eigenvalue weighted by Crippen LogP contribution is 2.18. The second-order valence-corrected chi connectivity index (χ2v) is 6.14. The molecule has 0 aliphatic rings. The van der Waals surface area contributed by atoms with Crippen molar-refractivity contribution in [3.63, 3.8) is 0 Å². The van der Waals surface area contributed by atoms with Crippen LogP contribution in [-0.2, 0) is 6.54 Å². The molecule has 3 aromatic rings. The lowest BCUT2D eigenvalue weighted by Crippen LogP contribution is -2.34. The Hall–Kier alpha value is -2.54. The van der Waals surface area contributed by atoms with Gasteiger partial charge in [-0.1, -0.05) is 18.2 Å². The van der Waals surface area contributed by atoms with E-state index in [1.807, 2.05) is 27.7 Å². The first-order valence-electron chi connectivity index (χ1n) is 8.14. The van der Waals surface area contributed by atoms with Crippen molar-refractivity contribution in [2.45, 2.75) is 46.3 Å². The van der Waals surface area contributed by atoms with Crippen molar-refractivity contribution in [2.75, 3.05) is 0 Å². The van der Waals surface area contributed by atoms with Gasteiger partial charge in [0.05, 0.1) is 18.3 Å². The maximum atomic E-state index is 4.30. The number of nitrogens with one attached hydrogen (secondary N) is 1. The zero-order valence-corrected chi connectivity index (χ0v) is 14.5. The maximum Gasteiger partial charge on any atom is 0.170 e. The smallest absolute Gasteiger partial charge is 0.170 e. The number of para-hydroxylation sites is 1. The molecule has 0 fully saturated rings. The summed E-state index contributed by atoms with van der Waals surface area (Å²) < 4.78 is 3.77. The van der Waals surface area contributed by atoms with E-state index in [1.165, 1.54) is 0 Å². The van der Waals surface area contributed by atoms with Crippen molar-refractivity contribution in [1.29, 1.82) is 0 Å². The number of benzene rings is 1. The quantitative estimate of drug-likeness (QED) is 0.752. The minimum atomic E-state index is 0.230. The van der Waals surface area contributed by atoms with Crippen LogP contribution in [0.5, 0.6) is 0 Å². The molecular formula is C17H23N7. The molecule has 0 amide bonds. The summed E-state index contributed by atoms with van der Waals surface area (Å²) in [7, 11) is 0. The van der Waals surface area contributed by atoms with E-state index >= 15 is 0 Å². The zero-order chi connectivity index (χ0) is 17.1. The summed E-state index contributed by atoms with van der Waals surface area (Å²) in [6.07, 6.45) is 3.77. The van der Waals surface area contributed by atoms with E-state index in [0.717, 1.165) is 22.6 Å². The average molecular weight is 325 g/mol. The molecule has 7 heteroatoms. The van der Waals surface area contributed by atoms with E-state index in [2.05, 4.69) is 65.8 Å². The molecule has 126 valence electrons. The molecule has 24 heavy (non-hydrogen) atoms. The standard InChI is InChI=1S/C17H23N7/c1-12-7-5-8-13(2)17(12)24-16(20-21-22-24)11-18-14(3)15(4)23-10-6-9-19-23/h5-10,14-15,18H,11H2,1-4H3/t14-,15-/m1/s1. The molecule has 1 N–H and O–H groups in total. The summed E-state index contributed by atoms with van der Waals surface area (Å²) in [6.45, 7) is 9.01. The van der Waals surface area contributed by atoms with Crippen LogP contribution in [0.1, 0.15) is 36.8 Å². The normalized spacial score (nSPS) is 13.8. The fraction of sp³-hybridized carbons (Fsp3) is 0.412. The van der Waals surface area contributed by atoms with E-state index in [4.69, 9.17) is 0 Å². The fourth-order valence-corrected chi connectivity index (χ4v) is 2.80. The molecule has 0 aliphatic heterocycles. The van der Waals surface area contributed by atoms with Gasteiger partial charge < -0.3 is 5.32 Å². The average Bonchev–Trinajstić information content (AvgIpc) is 3.23. The fourth-order valence-electron chi connectivity index (χ4n) is 2.80. The lowest BCUT2D eigenvalue weighted by molar-refractivity contribution is 0.361. The Balaban J connectivity index is 1.75. The maximum absolute atomic E-state index is 4.30. The Bertz CT molecular complexity index is 771. The predicted octanol–water partition coefficient (Wildman–Crippen LogP) is 2.21. The van der Waals surface area contributed by atoms with Crippen LogP contribution in [0.2, 0.25) is 0 Å². The molecule has 0 spiro atoms. The molecule has 3 rings (SSSR count). The SMILES string of the molecule is Cc1cccc(C)c1-n1nnnc1CN[C@H](C)[C@@H](C)n1cccn1. The molecular weight excluding hydrogens is 302 g/mol.